The molecule has 0 atom stereocenters. The Morgan fingerprint density at radius 2 is 0.295 bits per heavy atom. The van der Waals surface area contributed by atoms with E-state index in [-0.39, 0.29) is 0 Å². The number of halogens is 3. The molecule has 0 aliphatic carbocycles. The van der Waals surface area contributed by atoms with E-state index < -0.39 is 15.6 Å². The normalized spacial score (nSPS) is 13.1. The minimum atomic E-state index is -5.84. The van der Waals surface area contributed by atoms with E-state index in [1.165, 1.54) is 215 Å². The van der Waals surface area contributed by atoms with Gasteiger partial charge in [-0.2, -0.15) is 21.6 Å². The van der Waals surface area contributed by atoms with Crippen LogP contribution in [-0.4, -0.2) is 18.5 Å². The molecule has 22 aromatic rings. The standard InChI is InChI=1S/2C40H20.CHF3O3S/c2*1-5-21-6-2-10-24-28-14-18-32-34-20-16-30-26-12-4-8-22-7-3-11-25(36(22)26)29-15-19-33(40(34)38(29)30)31-17-13-27(37(28)39(31)32)23(9-1)35(21)24;2-1(3,4)8(5,6)7/h2*1-20H;(H,5,6,7). The summed E-state index contributed by atoms with van der Waals surface area (Å²) >= 11 is 0. The lowest BCUT2D eigenvalue weighted by Gasteiger charge is -2.21. The van der Waals surface area contributed by atoms with Crippen LogP contribution in [0.1, 0.15) is 0 Å². The molecular weight excluding hydrogens is 1110 g/mol. The summed E-state index contributed by atoms with van der Waals surface area (Å²) in [6.45, 7) is 0. The first kappa shape index (κ1) is 48.5. The highest BCUT2D eigenvalue weighted by molar-refractivity contribution is 7.86. The van der Waals surface area contributed by atoms with Crippen LogP contribution < -0.4 is 0 Å². The number of hydrogen-bond donors (Lipinski definition) is 1. The van der Waals surface area contributed by atoms with Crippen LogP contribution in [0.4, 0.5) is 13.2 Å². The van der Waals surface area contributed by atoms with Crippen molar-refractivity contribution in [3.05, 3.63) is 243 Å². The first-order valence-corrected chi connectivity index (χ1v) is 31.0. The van der Waals surface area contributed by atoms with E-state index in [9.17, 15) is 13.2 Å². The molecule has 410 valence electrons. The zero-order valence-electron chi connectivity index (χ0n) is 46.4. The molecule has 22 aromatic carbocycles. The molecule has 0 aliphatic heterocycles. The van der Waals surface area contributed by atoms with Gasteiger partial charge in [0.1, 0.15) is 0 Å². The van der Waals surface area contributed by atoms with Gasteiger partial charge >= 0.3 is 15.6 Å². The zero-order chi connectivity index (χ0) is 58.4. The Bertz CT molecular complexity index is 5780. The van der Waals surface area contributed by atoms with E-state index in [0.717, 1.165) is 0 Å². The molecule has 7 heteroatoms. The summed E-state index contributed by atoms with van der Waals surface area (Å²) in [5.74, 6) is 0. The van der Waals surface area contributed by atoms with Gasteiger partial charge in [0.15, 0.2) is 0 Å². The van der Waals surface area contributed by atoms with Gasteiger partial charge in [-0.1, -0.05) is 243 Å². The van der Waals surface area contributed by atoms with Gasteiger partial charge < -0.3 is 0 Å². The van der Waals surface area contributed by atoms with E-state index >= 15 is 0 Å². The Morgan fingerprint density at radius 3 is 0.398 bits per heavy atom. The molecule has 1 N–H and O–H groups in total. The van der Waals surface area contributed by atoms with Crippen molar-refractivity contribution >= 4 is 226 Å². The van der Waals surface area contributed by atoms with Gasteiger partial charge in [-0.25, -0.2) is 0 Å². The molecule has 0 saturated carbocycles. The monoisotopic (exact) mass is 1150 g/mol. The Labute approximate surface area is 496 Å². The minimum absolute atomic E-state index is 1.31. The molecule has 0 saturated heterocycles. The summed E-state index contributed by atoms with van der Waals surface area (Å²) in [5.41, 5.74) is -5.53. The largest absolute Gasteiger partial charge is 0.522 e. The average molecular weight is 1150 g/mol. The van der Waals surface area contributed by atoms with E-state index in [1.807, 2.05) is 0 Å². The quantitative estimate of drug-likeness (QED) is 0.0712. The van der Waals surface area contributed by atoms with Crippen molar-refractivity contribution in [1.29, 1.82) is 0 Å². The molecule has 0 radical (unpaired) electrons. The van der Waals surface area contributed by atoms with E-state index in [0.29, 0.717) is 0 Å². The second kappa shape index (κ2) is 16.6. The van der Waals surface area contributed by atoms with Gasteiger partial charge in [0.25, 0.3) is 0 Å². The smallest absolute Gasteiger partial charge is 0.279 e. The predicted octanol–water partition coefficient (Wildman–Crippen LogP) is 23.5. The first-order chi connectivity index (χ1) is 43.0. The third kappa shape index (κ3) is 6.04. The van der Waals surface area contributed by atoms with E-state index in [1.54, 1.807) is 0 Å². The fourth-order valence-corrected chi connectivity index (χ4v) is 16.7. The minimum Gasteiger partial charge on any atom is -0.279 e. The van der Waals surface area contributed by atoms with Crippen molar-refractivity contribution in [2.24, 2.45) is 0 Å². The number of rotatable bonds is 0. The number of hydrogen-bond acceptors (Lipinski definition) is 2. The molecular formula is C81H41F3O3S. The van der Waals surface area contributed by atoms with Gasteiger partial charge in [0, 0.05) is 0 Å². The Hall–Kier alpha value is -10.7. The highest BCUT2D eigenvalue weighted by atomic mass is 32.2. The average Bonchev–Trinajstić information content (AvgIpc) is 0.708. The van der Waals surface area contributed by atoms with Crippen LogP contribution in [0.25, 0.3) is 215 Å². The fourth-order valence-electron chi connectivity index (χ4n) is 16.7. The van der Waals surface area contributed by atoms with E-state index in [4.69, 9.17) is 13.0 Å². The molecule has 0 fully saturated rings. The third-order valence-corrected chi connectivity index (χ3v) is 20.6. The summed E-state index contributed by atoms with van der Waals surface area (Å²) < 4.78 is 57.5. The molecule has 22 rings (SSSR count). The van der Waals surface area contributed by atoms with E-state index in [2.05, 4.69) is 243 Å². The van der Waals surface area contributed by atoms with Crippen LogP contribution in [0, 0.1) is 0 Å². The molecule has 0 bridgehead atoms. The Kier molecular flexibility index (Phi) is 9.17. The maximum atomic E-state index is 10.7. The molecule has 88 heavy (non-hydrogen) atoms. The molecule has 3 nitrogen and oxygen atoms in total. The second-order valence-corrected chi connectivity index (χ2v) is 25.5. The molecule has 0 unspecified atom stereocenters. The van der Waals surface area contributed by atoms with Crippen LogP contribution in [0.2, 0.25) is 0 Å². The molecule has 0 amide bonds. The topological polar surface area (TPSA) is 54.4 Å². The summed E-state index contributed by atoms with van der Waals surface area (Å²) in [5, 5.41) is 54.5. The SMILES string of the molecule is O=S(=O)(O)C(F)(F)F.c1cc2cccc3c4ccc5c6ccc7c8cccc9cccc(c%10ccc(c%11ccc(c(c1)c23)c4c%115)c6c%107)c98.c1cc2cccc3c4ccc5c6ccc7c8cccc9cccc(c%10ccc(c%11ccc(c(c1)c23)c4c%115)c6c%107)c98. The van der Waals surface area contributed by atoms with Gasteiger partial charge in [-0.3, -0.25) is 4.55 Å². The van der Waals surface area contributed by atoms with Gasteiger partial charge in [0.05, 0.1) is 0 Å². The van der Waals surface area contributed by atoms with Crippen molar-refractivity contribution in [2.45, 2.75) is 5.51 Å². The summed E-state index contributed by atoms with van der Waals surface area (Å²) in [4.78, 5) is 0. The third-order valence-electron chi connectivity index (χ3n) is 20.0. The lowest BCUT2D eigenvalue weighted by Crippen LogP contribution is -2.21. The van der Waals surface area contributed by atoms with Crippen molar-refractivity contribution in [3.8, 4) is 0 Å². The first-order valence-electron chi connectivity index (χ1n) is 29.5. The van der Waals surface area contributed by atoms with Crippen molar-refractivity contribution in [2.75, 3.05) is 0 Å². The lowest BCUT2D eigenvalue weighted by atomic mass is 9.82. The summed E-state index contributed by atoms with van der Waals surface area (Å²) in [6, 6.07) is 92.2. The number of benzene rings is 22. The van der Waals surface area contributed by atoms with Crippen LogP contribution >= 0.6 is 0 Å². The predicted molar refractivity (Wildman–Crippen MR) is 368 cm³/mol. The zero-order valence-corrected chi connectivity index (χ0v) is 47.2. The molecule has 0 spiro atoms. The lowest BCUT2D eigenvalue weighted by molar-refractivity contribution is -0.0510. The number of alkyl halides is 3. The van der Waals surface area contributed by atoms with Crippen molar-refractivity contribution in [1.82, 2.24) is 0 Å². The van der Waals surface area contributed by atoms with Gasteiger partial charge in [-0.15, -0.1) is 0 Å². The molecule has 0 heterocycles. The van der Waals surface area contributed by atoms with Crippen LogP contribution in [-0.2, 0) is 10.1 Å². The van der Waals surface area contributed by atoms with Crippen LogP contribution in [0.5, 0.6) is 0 Å². The highest BCUT2D eigenvalue weighted by Crippen LogP contribution is 2.53. The van der Waals surface area contributed by atoms with Crippen LogP contribution in [0.3, 0.4) is 0 Å². The maximum Gasteiger partial charge on any atom is 0.522 e. The van der Waals surface area contributed by atoms with Gasteiger partial charge in [-0.05, 0) is 215 Å². The Morgan fingerprint density at radius 1 is 0.193 bits per heavy atom. The van der Waals surface area contributed by atoms with Gasteiger partial charge in [0.2, 0.25) is 0 Å². The Balaban J connectivity index is 0.000000111. The maximum absolute atomic E-state index is 10.7. The highest BCUT2D eigenvalue weighted by Gasteiger charge is 2.44. The summed E-state index contributed by atoms with van der Waals surface area (Å²) in [6.07, 6.45) is 0. The van der Waals surface area contributed by atoms with Crippen LogP contribution in [0.15, 0.2) is 243 Å². The molecule has 0 aliphatic rings. The fraction of sp³-hybridized carbons (Fsp3) is 0.0123. The van der Waals surface area contributed by atoms with Crippen molar-refractivity contribution < 1.29 is 26.1 Å². The molecule has 0 aromatic heterocycles. The number of fused-ring (bicyclic) bond motifs is 12. The summed E-state index contributed by atoms with van der Waals surface area (Å²) in [7, 11) is -5.84. The van der Waals surface area contributed by atoms with Crippen molar-refractivity contribution in [3.63, 3.8) is 0 Å². The second-order valence-electron chi connectivity index (χ2n) is 24.0.